The lowest BCUT2D eigenvalue weighted by Crippen LogP contribution is -2.12. The van der Waals surface area contributed by atoms with Crippen molar-refractivity contribution in [3.63, 3.8) is 0 Å². The molecule has 5 rings (SSSR count). The molecule has 0 aliphatic carbocycles. The number of hydrogen-bond donors (Lipinski definition) is 0. The Morgan fingerprint density at radius 2 is 0.729 bits per heavy atom. The highest BCUT2D eigenvalue weighted by molar-refractivity contribution is 5.82. The van der Waals surface area contributed by atoms with Crippen molar-refractivity contribution < 1.29 is 19.1 Å². The highest BCUT2D eigenvalue weighted by Crippen LogP contribution is 2.39. The molecule has 0 unspecified atom stereocenters. The molecule has 0 spiro atoms. The Hall–Kier alpha value is -5.88. The lowest BCUT2D eigenvalue weighted by Gasteiger charge is -2.28. The van der Waals surface area contributed by atoms with Crippen molar-refractivity contribution in [2.45, 2.75) is 26.7 Å². The molecular weight excluding hydrogens is 596 g/mol. The topological polar surface area (TPSA) is 59.1 Å². The number of anilines is 6. The molecule has 0 aromatic heterocycles. The average molecular weight is 637 g/mol. The number of carbonyl (C=O) groups excluding carboxylic acids is 2. The minimum Gasteiger partial charge on any atom is -0.462 e. The van der Waals surface area contributed by atoms with Gasteiger partial charge >= 0.3 is 11.9 Å². The standard InChI is InChI=1S/C42H40N2O4/c1-5-41(45)47-29-27-33-11-19-37(20-12-33)43(35-15-7-31(3)8-16-35)39-23-25-40(26-24-39)44(36-17-9-32(4)10-18-36)38-21-13-34(14-22-38)28-30-48-42(46)6-2/h5-26H,1-2,27-30H2,3-4H3. The maximum atomic E-state index is 11.4. The van der Waals surface area contributed by atoms with Crippen molar-refractivity contribution >= 4 is 46.1 Å². The highest BCUT2D eigenvalue weighted by atomic mass is 16.5. The number of benzene rings is 5. The Bertz CT molecular complexity index is 1690. The minimum atomic E-state index is -0.415. The van der Waals surface area contributed by atoms with Crippen LogP contribution in [0.15, 0.2) is 147 Å². The summed E-state index contributed by atoms with van der Waals surface area (Å²) in [6.07, 6.45) is 3.60. The second-order valence-corrected chi connectivity index (χ2v) is 11.4. The van der Waals surface area contributed by atoms with Crippen molar-refractivity contribution in [1.29, 1.82) is 0 Å². The fourth-order valence-corrected chi connectivity index (χ4v) is 5.31. The number of hydrogen-bond acceptors (Lipinski definition) is 6. The number of ether oxygens (including phenoxy) is 2. The van der Waals surface area contributed by atoms with Gasteiger partial charge in [-0.1, -0.05) is 72.8 Å². The molecule has 0 aliphatic heterocycles. The minimum absolute atomic E-state index is 0.304. The maximum absolute atomic E-state index is 11.4. The normalized spacial score (nSPS) is 10.5. The molecule has 0 heterocycles. The van der Waals surface area contributed by atoms with E-state index in [4.69, 9.17) is 9.47 Å². The Morgan fingerprint density at radius 1 is 0.479 bits per heavy atom. The summed E-state index contributed by atoms with van der Waals surface area (Å²) in [6.45, 7) is 11.7. The third-order valence-corrected chi connectivity index (χ3v) is 7.94. The van der Waals surface area contributed by atoms with Gasteiger partial charge in [0.15, 0.2) is 0 Å². The van der Waals surface area contributed by atoms with E-state index in [1.54, 1.807) is 0 Å². The Labute approximate surface area is 283 Å². The molecule has 0 radical (unpaired) electrons. The second-order valence-electron chi connectivity index (χ2n) is 11.4. The first-order chi connectivity index (χ1) is 23.3. The number of carbonyl (C=O) groups is 2. The van der Waals surface area contributed by atoms with E-state index in [1.807, 2.05) is 0 Å². The Morgan fingerprint density at radius 3 is 1.00 bits per heavy atom. The van der Waals surface area contributed by atoms with Crippen molar-refractivity contribution in [3.8, 4) is 0 Å². The van der Waals surface area contributed by atoms with Crippen molar-refractivity contribution in [3.05, 3.63) is 169 Å². The zero-order chi connectivity index (χ0) is 33.9. The van der Waals surface area contributed by atoms with Gasteiger partial charge in [0.25, 0.3) is 0 Å². The molecule has 0 amide bonds. The van der Waals surface area contributed by atoms with Crippen LogP contribution in [0.5, 0.6) is 0 Å². The van der Waals surface area contributed by atoms with Gasteiger partial charge in [0, 0.05) is 59.1 Å². The summed E-state index contributed by atoms with van der Waals surface area (Å²) in [5, 5.41) is 0. The first kappa shape index (κ1) is 33.5. The molecule has 0 fully saturated rings. The zero-order valence-corrected chi connectivity index (χ0v) is 27.5. The van der Waals surface area contributed by atoms with E-state index < -0.39 is 11.9 Å². The summed E-state index contributed by atoms with van der Waals surface area (Å²) in [5.41, 5.74) is 10.7. The Balaban J connectivity index is 1.44. The fraction of sp³-hybridized carbons (Fsp3) is 0.143. The van der Waals surface area contributed by atoms with Crippen LogP contribution < -0.4 is 9.80 Å². The molecule has 5 aromatic carbocycles. The molecule has 0 atom stereocenters. The molecular formula is C42H40N2O4. The first-order valence-corrected chi connectivity index (χ1v) is 15.9. The molecule has 6 nitrogen and oxygen atoms in total. The predicted octanol–water partition coefficient (Wildman–Crippen LogP) is 9.79. The number of esters is 2. The zero-order valence-electron chi connectivity index (χ0n) is 27.5. The van der Waals surface area contributed by atoms with Crippen molar-refractivity contribution in [1.82, 2.24) is 0 Å². The largest absolute Gasteiger partial charge is 0.462 e. The summed E-state index contributed by atoms with van der Waals surface area (Å²) in [4.78, 5) is 27.3. The molecule has 0 saturated heterocycles. The lowest BCUT2D eigenvalue weighted by molar-refractivity contribution is -0.138. The van der Waals surface area contributed by atoms with Crippen LogP contribution in [0.4, 0.5) is 34.1 Å². The third-order valence-electron chi connectivity index (χ3n) is 7.94. The number of nitrogens with zero attached hydrogens (tertiary/aromatic N) is 2. The van der Waals surface area contributed by atoms with Crippen LogP contribution in [0.2, 0.25) is 0 Å². The molecule has 5 aromatic rings. The predicted molar refractivity (Wildman–Crippen MR) is 195 cm³/mol. The smallest absolute Gasteiger partial charge is 0.330 e. The molecule has 0 saturated carbocycles. The van der Waals surface area contributed by atoms with E-state index in [1.165, 1.54) is 23.3 Å². The van der Waals surface area contributed by atoms with Crippen LogP contribution in [0.25, 0.3) is 0 Å². The fourth-order valence-electron chi connectivity index (χ4n) is 5.31. The van der Waals surface area contributed by atoms with Gasteiger partial charge < -0.3 is 19.3 Å². The van der Waals surface area contributed by atoms with Gasteiger partial charge in [-0.05, 0) is 97.8 Å². The van der Waals surface area contributed by atoms with Gasteiger partial charge in [-0.2, -0.15) is 0 Å². The van der Waals surface area contributed by atoms with Gasteiger partial charge in [0.05, 0.1) is 13.2 Å². The number of rotatable bonds is 14. The Kier molecular flexibility index (Phi) is 11.2. The van der Waals surface area contributed by atoms with Gasteiger partial charge in [-0.25, -0.2) is 9.59 Å². The van der Waals surface area contributed by atoms with Crippen molar-refractivity contribution in [2.24, 2.45) is 0 Å². The molecule has 0 N–H and O–H groups in total. The van der Waals surface area contributed by atoms with E-state index in [-0.39, 0.29) is 0 Å². The molecule has 0 aliphatic rings. The van der Waals surface area contributed by atoms with E-state index in [0.717, 1.165) is 45.3 Å². The van der Waals surface area contributed by atoms with Gasteiger partial charge in [0.2, 0.25) is 0 Å². The van der Waals surface area contributed by atoms with E-state index in [0.29, 0.717) is 26.1 Å². The van der Waals surface area contributed by atoms with Crippen LogP contribution >= 0.6 is 0 Å². The van der Waals surface area contributed by atoms with Crippen LogP contribution in [0.1, 0.15) is 22.3 Å². The average Bonchev–Trinajstić information content (AvgIpc) is 3.12. The van der Waals surface area contributed by atoms with Crippen molar-refractivity contribution in [2.75, 3.05) is 23.0 Å². The van der Waals surface area contributed by atoms with Crippen LogP contribution in [-0.2, 0) is 31.9 Å². The van der Waals surface area contributed by atoms with E-state index >= 15 is 0 Å². The monoisotopic (exact) mass is 636 g/mol. The van der Waals surface area contributed by atoms with Crippen LogP contribution in [0.3, 0.4) is 0 Å². The molecule has 242 valence electrons. The van der Waals surface area contributed by atoms with E-state index in [2.05, 4.69) is 158 Å². The van der Waals surface area contributed by atoms with Crippen LogP contribution in [0, 0.1) is 13.8 Å². The molecule has 48 heavy (non-hydrogen) atoms. The van der Waals surface area contributed by atoms with E-state index in [9.17, 15) is 9.59 Å². The van der Waals surface area contributed by atoms with Gasteiger partial charge in [0.1, 0.15) is 0 Å². The van der Waals surface area contributed by atoms with Gasteiger partial charge in [-0.15, -0.1) is 0 Å². The second kappa shape index (κ2) is 16.1. The third kappa shape index (κ3) is 8.68. The highest BCUT2D eigenvalue weighted by Gasteiger charge is 2.16. The molecule has 6 heteroatoms. The summed E-state index contributed by atoms with van der Waals surface area (Å²) < 4.78 is 10.3. The molecule has 0 bridgehead atoms. The first-order valence-electron chi connectivity index (χ1n) is 15.9. The lowest BCUT2D eigenvalue weighted by atomic mass is 10.1. The van der Waals surface area contributed by atoms with Gasteiger partial charge in [-0.3, -0.25) is 0 Å². The summed E-state index contributed by atoms with van der Waals surface area (Å²) in [7, 11) is 0. The summed E-state index contributed by atoms with van der Waals surface area (Å²) in [5.74, 6) is -0.829. The SMILES string of the molecule is C=CC(=O)OCCc1ccc(N(c2ccc(C)cc2)c2ccc(N(c3ccc(C)cc3)c3ccc(CCOC(=O)C=C)cc3)cc2)cc1. The van der Waals surface area contributed by atoms with Crippen LogP contribution in [-0.4, -0.2) is 25.2 Å². The summed E-state index contributed by atoms with van der Waals surface area (Å²) in [6, 6.07) is 42.2. The number of aryl methyl sites for hydroxylation is 2. The maximum Gasteiger partial charge on any atom is 0.330 e. The summed E-state index contributed by atoms with van der Waals surface area (Å²) >= 11 is 0. The quantitative estimate of drug-likeness (QED) is 0.0893.